The first kappa shape index (κ1) is 17.5. The van der Waals surface area contributed by atoms with Gasteiger partial charge in [-0.3, -0.25) is 4.90 Å². The van der Waals surface area contributed by atoms with Gasteiger partial charge in [0.25, 0.3) is 0 Å². The number of likely N-dealkylation sites (tertiary alicyclic amines) is 1. The maximum absolute atomic E-state index is 10.1. The van der Waals surface area contributed by atoms with E-state index in [0.717, 1.165) is 61.9 Å². The van der Waals surface area contributed by atoms with E-state index in [1.54, 1.807) is 0 Å². The molecule has 1 atom stereocenters. The van der Waals surface area contributed by atoms with Crippen molar-refractivity contribution in [2.75, 3.05) is 19.7 Å². The third-order valence-electron chi connectivity index (χ3n) is 4.99. The highest BCUT2D eigenvalue weighted by atomic mass is 35.5. The van der Waals surface area contributed by atoms with Crippen molar-refractivity contribution >= 4 is 11.6 Å². The van der Waals surface area contributed by atoms with Gasteiger partial charge in [-0.05, 0) is 55.6 Å². The quantitative estimate of drug-likeness (QED) is 0.845. The minimum Gasteiger partial charge on any atom is -0.465 e. The average molecular weight is 348 g/mol. The van der Waals surface area contributed by atoms with Crippen LogP contribution in [0.5, 0.6) is 0 Å². The Kier molecular flexibility index (Phi) is 5.65. The Morgan fingerprint density at radius 3 is 2.79 bits per heavy atom. The minimum atomic E-state index is -0.0941. The molecule has 130 valence electrons. The number of aliphatic hydroxyl groups is 1. The van der Waals surface area contributed by atoms with Crippen LogP contribution >= 0.6 is 11.6 Å². The van der Waals surface area contributed by atoms with E-state index < -0.39 is 0 Å². The molecule has 1 N–H and O–H groups in total. The van der Waals surface area contributed by atoms with E-state index in [4.69, 9.17) is 16.0 Å². The zero-order chi connectivity index (χ0) is 17.0. The van der Waals surface area contributed by atoms with Crippen LogP contribution in [0.1, 0.15) is 36.8 Å². The third kappa shape index (κ3) is 4.21. The zero-order valence-corrected chi connectivity index (χ0v) is 15.1. The van der Waals surface area contributed by atoms with Gasteiger partial charge in [0, 0.05) is 23.4 Å². The molecule has 0 amide bonds. The number of aryl methyl sites for hydroxylation is 1. The molecule has 0 aliphatic carbocycles. The van der Waals surface area contributed by atoms with Crippen molar-refractivity contribution in [1.82, 2.24) is 4.90 Å². The molecular formula is C20H26ClNO2. The Balaban J connectivity index is 1.69. The van der Waals surface area contributed by atoms with E-state index in [2.05, 4.69) is 30.0 Å². The summed E-state index contributed by atoms with van der Waals surface area (Å²) in [5.74, 6) is 2.05. The van der Waals surface area contributed by atoms with Crippen LogP contribution in [-0.2, 0) is 19.4 Å². The summed E-state index contributed by atoms with van der Waals surface area (Å²) in [6, 6.07) is 12.1. The first-order valence-corrected chi connectivity index (χ1v) is 9.15. The van der Waals surface area contributed by atoms with Gasteiger partial charge >= 0.3 is 0 Å². The van der Waals surface area contributed by atoms with E-state index in [-0.39, 0.29) is 12.0 Å². The van der Waals surface area contributed by atoms with Crippen molar-refractivity contribution in [3.63, 3.8) is 0 Å². The molecule has 0 radical (unpaired) electrons. The minimum absolute atomic E-state index is 0.0941. The molecule has 24 heavy (non-hydrogen) atoms. The van der Waals surface area contributed by atoms with Crippen molar-refractivity contribution in [2.24, 2.45) is 5.41 Å². The van der Waals surface area contributed by atoms with E-state index in [1.807, 2.05) is 18.2 Å². The summed E-state index contributed by atoms with van der Waals surface area (Å²) in [5, 5.41) is 10.9. The summed E-state index contributed by atoms with van der Waals surface area (Å²) in [4.78, 5) is 2.41. The second-order valence-electron chi connectivity index (χ2n) is 7.00. The number of rotatable bonds is 6. The number of aliphatic hydroxyl groups excluding tert-OH is 1. The lowest BCUT2D eigenvalue weighted by Gasteiger charge is -2.41. The maximum atomic E-state index is 10.1. The topological polar surface area (TPSA) is 36.6 Å². The predicted molar refractivity (Wildman–Crippen MR) is 97.3 cm³/mol. The highest BCUT2D eigenvalue weighted by molar-refractivity contribution is 6.30. The van der Waals surface area contributed by atoms with Crippen LogP contribution in [0.25, 0.3) is 0 Å². The molecule has 2 heterocycles. The SMILES string of the molecule is CCc1ccc(CN2CCCC(CO)(Cc3cccc(Cl)c3)C2)o1. The number of benzene rings is 1. The van der Waals surface area contributed by atoms with Crippen LogP contribution in [0.15, 0.2) is 40.8 Å². The van der Waals surface area contributed by atoms with Crippen molar-refractivity contribution in [3.05, 3.63) is 58.5 Å². The van der Waals surface area contributed by atoms with Gasteiger partial charge in [-0.25, -0.2) is 0 Å². The lowest BCUT2D eigenvalue weighted by atomic mass is 9.75. The van der Waals surface area contributed by atoms with Crippen LogP contribution in [0.2, 0.25) is 5.02 Å². The van der Waals surface area contributed by atoms with Gasteiger partial charge in [-0.2, -0.15) is 0 Å². The molecule has 1 unspecified atom stereocenters. The van der Waals surface area contributed by atoms with Crippen molar-refractivity contribution in [1.29, 1.82) is 0 Å². The Labute approximate surface area is 149 Å². The van der Waals surface area contributed by atoms with Crippen LogP contribution in [0.4, 0.5) is 0 Å². The van der Waals surface area contributed by atoms with Gasteiger partial charge in [0.05, 0.1) is 13.2 Å². The molecule has 2 aromatic rings. The van der Waals surface area contributed by atoms with E-state index >= 15 is 0 Å². The van der Waals surface area contributed by atoms with Crippen molar-refractivity contribution < 1.29 is 9.52 Å². The fraction of sp³-hybridized carbons (Fsp3) is 0.500. The molecular weight excluding hydrogens is 322 g/mol. The summed E-state index contributed by atoms with van der Waals surface area (Å²) < 4.78 is 5.85. The molecule has 3 rings (SSSR count). The molecule has 1 aliphatic rings. The monoisotopic (exact) mass is 347 g/mol. The number of hydrogen-bond acceptors (Lipinski definition) is 3. The zero-order valence-electron chi connectivity index (χ0n) is 14.3. The van der Waals surface area contributed by atoms with E-state index in [0.29, 0.717) is 0 Å². The largest absolute Gasteiger partial charge is 0.465 e. The molecule has 3 nitrogen and oxygen atoms in total. The predicted octanol–water partition coefficient (Wildman–Crippen LogP) is 4.31. The fourth-order valence-corrected chi connectivity index (χ4v) is 3.98. The van der Waals surface area contributed by atoms with Crippen molar-refractivity contribution in [3.8, 4) is 0 Å². The first-order valence-electron chi connectivity index (χ1n) is 8.78. The molecule has 1 saturated heterocycles. The first-order chi connectivity index (χ1) is 11.6. The number of hydrogen-bond donors (Lipinski definition) is 1. The third-order valence-corrected chi connectivity index (χ3v) is 5.22. The van der Waals surface area contributed by atoms with Gasteiger partial charge in [0.15, 0.2) is 0 Å². The number of halogens is 1. The standard InChI is InChI=1S/C20H26ClNO2/c1-2-18-7-8-19(24-18)13-22-10-4-9-20(14-22,15-23)12-16-5-3-6-17(21)11-16/h3,5-8,11,23H,2,4,9-10,12-15H2,1H3. The summed E-state index contributed by atoms with van der Waals surface area (Å²) in [7, 11) is 0. The lowest BCUT2D eigenvalue weighted by molar-refractivity contribution is 0.0260. The Hall–Kier alpha value is -1.29. The van der Waals surface area contributed by atoms with Gasteiger partial charge in [-0.15, -0.1) is 0 Å². The molecule has 1 aliphatic heterocycles. The fourth-order valence-electron chi connectivity index (χ4n) is 3.77. The molecule has 1 aromatic carbocycles. The number of nitrogens with zero attached hydrogens (tertiary/aromatic N) is 1. The number of piperidine rings is 1. The molecule has 1 aromatic heterocycles. The van der Waals surface area contributed by atoms with Gasteiger partial charge in [-0.1, -0.05) is 30.7 Å². The van der Waals surface area contributed by atoms with Crippen LogP contribution in [0.3, 0.4) is 0 Å². The molecule has 4 heteroatoms. The summed E-state index contributed by atoms with van der Waals surface area (Å²) in [5.41, 5.74) is 1.10. The maximum Gasteiger partial charge on any atom is 0.118 e. The molecule has 0 saturated carbocycles. The Morgan fingerprint density at radius 1 is 1.25 bits per heavy atom. The van der Waals surface area contributed by atoms with Crippen LogP contribution in [-0.4, -0.2) is 29.7 Å². The van der Waals surface area contributed by atoms with Crippen molar-refractivity contribution in [2.45, 2.75) is 39.2 Å². The second kappa shape index (κ2) is 7.73. The van der Waals surface area contributed by atoms with E-state index in [9.17, 15) is 5.11 Å². The Morgan fingerprint density at radius 2 is 2.08 bits per heavy atom. The number of furan rings is 1. The second-order valence-corrected chi connectivity index (χ2v) is 7.44. The highest BCUT2D eigenvalue weighted by Gasteiger charge is 2.35. The smallest absolute Gasteiger partial charge is 0.118 e. The van der Waals surface area contributed by atoms with Gasteiger partial charge < -0.3 is 9.52 Å². The van der Waals surface area contributed by atoms with Crippen LogP contribution in [0, 0.1) is 5.41 Å². The average Bonchev–Trinajstić information content (AvgIpc) is 3.03. The molecule has 1 fully saturated rings. The van der Waals surface area contributed by atoms with Gasteiger partial charge in [0.2, 0.25) is 0 Å². The van der Waals surface area contributed by atoms with Crippen LogP contribution < -0.4 is 0 Å². The lowest BCUT2D eigenvalue weighted by Crippen LogP contribution is -2.46. The molecule has 0 spiro atoms. The Bertz CT molecular complexity index is 669. The van der Waals surface area contributed by atoms with Gasteiger partial charge in [0.1, 0.15) is 11.5 Å². The van der Waals surface area contributed by atoms with E-state index in [1.165, 1.54) is 5.56 Å². The highest BCUT2D eigenvalue weighted by Crippen LogP contribution is 2.34. The normalized spacial score (nSPS) is 22.0. The summed E-state index contributed by atoms with van der Waals surface area (Å²) in [6.07, 6.45) is 3.93. The summed E-state index contributed by atoms with van der Waals surface area (Å²) >= 11 is 6.12. The molecule has 0 bridgehead atoms. The summed E-state index contributed by atoms with van der Waals surface area (Å²) in [6.45, 7) is 5.06.